The van der Waals surface area contributed by atoms with Crippen LogP contribution in [0.1, 0.15) is 34.3 Å². The first-order valence-corrected chi connectivity index (χ1v) is 10.8. The third-order valence-corrected chi connectivity index (χ3v) is 6.44. The van der Waals surface area contributed by atoms with Gasteiger partial charge in [0.2, 0.25) is 11.8 Å². The fourth-order valence-corrected chi connectivity index (χ4v) is 4.71. The Morgan fingerprint density at radius 2 is 1.91 bits per heavy atom. The standard InChI is InChI=1S/C24H21ClN4O3/c1-13-3-6-18(25)17(9-13)22-21(26-12-28(22)2)14-4-5-16-15(10-14)11-29(24(16)32)19-7-8-20(30)27-23(19)31/h3-6,9-10,12,19H,7-8,11H2,1-2H3,(H,27,30,31). The Hall–Kier alpha value is -3.45. The SMILES string of the molecule is Cc1ccc(Cl)c(-c2c(-c3ccc4c(c3)CN(C3CCC(=O)NC3=O)C4=O)ncn2C)c1. The first-order valence-electron chi connectivity index (χ1n) is 10.4. The predicted molar refractivity (Wildman–Crippen MR) is 120 cm³/mol. The number of hydrogen-bond donors (Lipinski definition) is 1. The lowest BCUT2D eigenvalue weighted by molar-refractivity contribution is -0.136. The van der Waals surface area contributed by atoms with Gasteiger partial charge in [0.25, 0.3) is 5.91 Å². The maximum Gasteiger partial charge on any atom is 0.255 e. The molecule has 2 aromatic carbocycles. The third kappa shape index (κ3) is 3.29. The molecule has 162 valence electrons. The second kappa shape index (κ2) is 7.60. The highest BCUT2D eigenvalue weighted by Crippen LogP contribution is 2.37. The largest absolute Gasteiger partial charge is 0.333 e. The van der Waals surface area contributed by atoms with Crippen molar-refractivity contribution in [3.8, 4) is 22.5 Å². The number of halogens is 1. The summed E-state index contributed by atoms with van der Waals surface area (Å²) < 4.78 is 1.93. The highest BCUT2D eigenvalue weighted by Gasteiger charge is 2.39. The molecule has 1 aromatic heterocycles. The molecule has 2 aliphatic rings. The summed E-state index contributed by atoms with van der Waals surface area (Å²) in [4.78, 5) is 42.9. The summed E-state index contributed by atoms with van der Waals surface area (Å²) in [6.07, 6.45) is 2.32. The Balaban J connectivity index is 1.52. The van der Waals surface area contributed by atoms with Crippen molar-refractivity contribution in [2.75, 3.05) is 0 Å². The molecule has 0 saturated carbocycles. The number of aromatic nitrogens is 2. The normalized spacial score (nSPS) is 18.2. The number of rotatable bonds is 3. The lowest BCUT2D eigenvalue weighted by Gasteiger charge is -2.29. The zero-order chi connectivity index (χ0) is 22.6. The van der Waals surface area contributed by atoms with Gasteiger partial charge < -0.3 is 9.47 Å². The molecule has 1 unspecified atom stereocenters. The maximum absolute atomic E-state index is 13.0. The molecule has 1 N–H and O–H groups in total. The molecule has 0 spiro atoms. The number of imidazole rings is 1. The van der Waals surface area contributed by atoms with Crippen LogP contribution in [0.2, 0.25) is 5.02 Å². The van der Waals surface area contributed by atoms with E-state index < -0.39 is 11.9 Å². The number of nitrogens with one attached hydrogen (secondary N) is 1. The number of aryl methyl sites for hydroxylation is 2. The van der Waals surface area contributed by atoms with E-state index in [0.29, 0.717) is 23.6 Å². The number of piperidine rings is 1. The molecule has 3 aromatic rings. The van der Waals surface area contributed by atoms with Crippen molar-refractivity contribution in [3.05, 3.63) is 64.4 Å². The number of hydrogen-bond acceptors (Lipinski definition) is 4. The van der Waals surface area contributed by atoms with Crippen molar-refractivity contribution in [1.29, 1.82) is 0 Å². The van der Waals surface area contributed by atoms with Crippen molar-refractivity contribution in [1.82, 2.24) is 19.8 Å². The number of nitrogens with zero attached hydrogens (tertiary/aromatic N) is 3. The van der Waals surface area contributed by atoms with Crippen LogP contribution >= 0.6 is 11.6 Å². The smallest absolute Gasteiger partial charge is 0.255 e. The van der Waals surface area contributed by atoms with Gasteiger partial charge >= 0.3 is 0 Å². The van der Waals surface area contributed by atoms with Crippen LogP contribution in [-0.2, 0) is 23.2 Å². The zero-order valence-electron chi connectivity index (χ0n) is 17.7. The van der Waals surface area contributed by atoms with Gasteiger partial charge in [-0.3, -0.25) is 19.7 Å². The number of carbonyl (C=O) groups is 3. The number of benzene rings is 2. The Kier molecular flexibility index (Phi) is 4.86. The highest BCUT2D eigenvalue weighted by molar-refractivity contribution is 6.33. The van der Waals surface area contributed by atoms with E-state index in [1.54, 1.807) is 17.3 Å². The van der Waals surface area contributed by atoms with E-state index in [9.17, 15) is 14.4 Å². The molecule has 3 amide bonds. The molecule has 7 nitrogen and oxygen atoms in total. The van der Waals surface area contributed by atoms with Gasteiger partial charge in [-0.1, -0.05) is 29.3 Å². The number of carbonyl (C=O) groups excluding carboxylic acids is 3. The summed E-state index contributed by atoms with van der Waals surface area (Å²) in [7, 11) is 1.92. The van der Waals surface area contributed by atoms with Gasteiger partial charge in [0.1, 0.15) is 6.04 Å². The summed E-state index contributed by atoms with van der Waals surface area (Å²) in [6.45, 7) is 2.34. The predicted octanol–water partition coefficient (Wildman–Crippen LogP) is 3.48. The summed E-state index contributed by atoms with van der Waals surface area (Å²) in [5, 5.41) is 2.97. The molecule has 5 rings (SSSR count). The average molecular weight is 449 g/mol. The van der Waals surface area contributed by atoms with Crippen LogP contribution in [0.5, 0.6) is 0 Å². The molecule has 2 aliphatic heterocycles. The summed E-state index contributed by atoms with van der Waals surface area (Å²) >= 11 is 6.51. The van der Waals surface area contributed by atoms with E-state index in [2.05, 4.69) is 10.3 Å². The fraction of sp³-hybridized carbons (Fsp3) is 0.250. The minimum atomic E-state index is -0.632. The van der Waals surface area contributed by atoms with E-state index in [0.717, 1.165) is 33.6 Å². The van der Waals surface area contributed by atoms with Crippen molar-refractivity contribution in [2.24, 2.45) is 7.05 Å². The molecule has 1 fully saturated rings. The van der Waals surface area contributed by atoms with Crippen LogP contribution < -0.4 is 5.32 Å². The van der Waals surface area contributed by atoms with E-state index in [1.807, 2.05) is 48.9 Å². The van der Waals surface area contributed by atoms with Crippen molar-refractivity contribution in [3.63, 3.8) is 0 Å². The number of amides is 3. The highest BCUT2D eigenvalue weighted by atomic mass is 35.5. The van der Waals surface area contributed by atoms with Crippen molar-refractivity contribution in [2.45, 2.75) is 32.4 Å². The Morgan fingerprint density at radius 3 is 2.69 bits per heavy atom. The van der Waals surface area contributed by atoms with Crippen LogP contribution in [0.4, 0.5) is 0 Å². The molecule has 3 heterocycles. The van der Waals surface area contributed by atoms with Gasteiger partial charge in [-0.15, -0.1) is 0 Å². The first-order chi connectivity index (χ1) is 15.3. The monoisotopic (exact) mass is 448 g/mol. The van der Waals surface area contributed by atoms with Crippen molar-refractivity contribution >= 4 is 29.3 Å². The second-order valence-electron chi connectivity index (χ2n) is 8.31. The second-order valence-corrected chi connectivity index (χ2v) is 8.72. The number of imide groups is 1. The van der Waals surface area contributed by atoms with Gasteiger partial charge in [-0.25, -0.2) is 4.98 Å². The van der Waals surface area contributed by atoms with Crippen LogP contribution in [0, 0.1) is 6.92 Å². The summed E-state index contributed by atoms with van der Waals surface area (Å²) in [6, 6.07) is 10.9. The minimum absolute atomic E-state index is 0.191. The van der Waals surface area contributed by atoms with E-state index >= 15 is 0 Å². The number of fused-ring (bicyclic) bond motifs is 1. The minimum Gasteiger partial charge on any atom is -0.333 e. The molecule has 1 saturated heterocycles. The van der Waals surface area contributed by atoms with E-state index in [1.165, 1.54) is 0 Å². The molecule has 32 heavy (non-hydrogen) atoms. The van der Waals surface area contributed by atoms with Gasteiger partial charge in [-0.05, 0) is 43.2 Å². The van der Waals surface area contributed by atoms with Gasteiger partial charge in [0.05, 0.1) is 17.7 Å². The fourth-order valence-electron chi connectivity index (χ4n) is 4.50. The molecule has 0 bridgehead atoms. The van der Waals surface area contributed by atoms with Gasteiger partial charge in [-0.2, -0.15) is 0 Å². The Morgan fingerprint density at radius 1 is 1.09 bits per heavy atom. The summed E-state index contributed by atoms with van der Waals surface area (Å²) in [5.74, 6) is -0.900. The molecule has 1 atom stereocenters. The Labute approximate surface area is 190 Å². The molecule has 8 heteroatoms. The average Bonchev–Trinajstić information content (AvgIpc) is 3.29. The van der Waals surface area contributed by atoms with Crippen LogP contribution in [-0.4, -0.2) is 38.2 Å². The zero-order valence-corrected chi connectivity index (χ0v) is 18.4. The first kappa shape index (κ1) is 20.5. The molecular formula is C24H21ClN4O3. The van der Waals surface area contributed by atoms with Gasteiger partial charge in [0.15, 0.2) is 0 Å². The quantitative estimate of drug-likeness (QED) is 0.622. The van der Waals surface area contributed by atoms with Crippen LogP contribution in [0.15, 0.2) is 42.7 Å². The van der Waals surface area contributed by atoms with Crippen LogP contribution in [0.3, 0.4) is 0 Å². The Bertz CT molecular complexity index is 1300. The lowest BCUT2D eigenvalue weighted by atomic mass is 10.00. The maximum atomic E-state index is 13.0. The molecule has 0 radical (unpaired) electrons. The van der Waals surface area contributed by atoms with Crippen molar-refractivity contribution < 1.29 is 14.4 Å². The molecule has 0 aliphatic carbocycles. The van der Waals surface area contributed by atoms with Gasteiger partial charge in [0, 0.05) is 41.7 Å². The molecular weight excluding hydrogens is 428 g/mol. The van der Waals surface area contributed by atoms with E-state index in [-0.39, 0.29) is 18.2 Å². The topological polar surface area (TPSA) is 84.3 Å². The summed E-state index contributed by atoms with van der Waals surface area (Å²) in [5.41, 5.74) is 5.93. The van der Waals surface area contributed by atoms with Crippen LogP contribution in [0.25, 0.3) is 22.5 Å². The lowest BCUT2D eigenvalue weighted by Crippen LogP contribution is -2.52. The third-order valence-electron chi connectivity index (χ3n) is 6.11. The van der Waals surface area contributed by atoms with E-state index in [4.69, 9.17) is 11.6 Å².